The molecular weight excluding hydrogens is 388 g/mol. The van der Waals surface area contributed by atoms with Crippen molar-refractivity contribution in [3.8, 4) is 0 Å². The molecule has 0 spiro atoms. The first kappa shape index (κ1) is 19.8. The van der Waals surface area contributed by atoms with Crippen molar-refractivity contribution in [1.29, 1.82) is 0 Å². The number of carbonyl (C=O) groups is 2. The third kappa shape index (κ3) is 3.13. The van der Waals surface area contributed by atoms with Crippen molar-refractivity contribution >= 4 is 22.7 Å². The molecule has 31 heavy (non-hydrogen) atoms. The number of carbonyl (C=O) groups excluding carboxylic acids is 2. The Bertz CT molecular complexity index is 1170. The fourth-order valence-corrected chi connectivity index (χ4v) is 5.04. The molecule has 2 aliphatic rings. The van der Waals surface area contributed by atoms with Gasteiger partial charge >= 0.3 is 0 Å². The minimum Gasteiger partial charge on any atom is -0.348 e. The van der Waals surface area contributed by atoms with Crippen LogP contribution >= 0.6 is 0 Å². The Morgan fingerprint density at radius 2 is 1.65 bits per heavy atom. The molecule has 0 saturated carbocycles. The van der Waals surface area contributed by atoms with Gasteiger partial charge < -0.3 is 19.3 Å². The van der Waals surface area contributed by atoms with Crippen LogP contribution in [-0.4, -0.2) is 70.9 Å². The number of rotatable bonds is 3. The fourth-order valence-electron chi connectivity index (χ4n) is 5.04. The summed E-state index contributed by atoms with van der Waals surface area (Å²) in [7, 11) is 4.13. The van der Waals surface area contributed by atoms with E-state index >= 15 is 0 Å². The van der Waals surface area contributed by atoms with Crippen LogP contribution in [0.15, 0.2) is 48.5 Å². The van der Waals surface area contributed by atoms with Crippen molar-refractivity contribution in [3.05, 3.63) is 70.9 Å². The molecule has 6 nitrogen and oxygen atoms in total. The normalized spacial score (nSPS) is 19.3. The second kappa shape index (κ2) is 7.54. The van der Waals surface area contributed by atoms with E-state index in [1.165, 1.54) is 0 Å². The second-order valence-corrected chi connectivity index (χ2v) is 8.68. The highest BCUT2D eigenvalue weighted by atomic mass is 16.2. The lowest BCUT2D eigenvalue weighted by Crippen LogP contribution is -2.50. The molecule has 5 rings (SSSR count). The highest BCUT2D eigenvalue weighted by molar-refractivity contribution is 6.02. The number of amides is 2. The Labute approximate surface area is 182 Å². The quantitative estimate of drug-likeness (QED) is 0.660. The summed E-state index contributed by atoms with van der Waals surface area (Å²) in [6, 6.07) is 15.8. The number of nitrogens with zero attached hydrogens (tertiary/aromatic N) is 4. The van der Waals surface area contributed by atoms with Crippen LogP contribution in [0.25, 0.3) is 10.9 Å². The molecule has 3 aromatic rings. The summed E-state index contributed by atoms with van der Waals surface area (Å²) in [4.78, 5) is 32.5. The lowest BCUT2D eigenvalue weighted by molar-refractivity contribution is -0.133. The molecule has 3 heterocycles. The smallest absolute Gasteiger partial charge is 0.255 e. The lowest BCUT2D eigenvalue weighted by atomic mass is 9.95. The van der Waals surface area contributed by atoms with E-state index < -0.39 is 0 Å². The predicted molar refractivity (Wildman–Crippen MR) is 121 cm³/mol. The highest BCUT2D eigenvalue weighted by Gasteiger charge is 2.41. The maximum atomic E-state index is 13.4. The van der Waals surface area contributed by atoms with E-state index in [1.54, 1.807) is 4.90 Å². The van der Waals surface area contributed by atoms with Crippen molar-refractivity contribution < 1.29 is 9.59 Å². The van der Waals surface area contributed by atoms with Gasteiger partial charge in [-0.15, -0.1) is 0 Å². The van der Waals surface area contributed by atoms with E-state index in [9.17, 15) is 9.59 Å². The third-order valence-electron chi connectivity index (χ3n) is 6.94. The number of benzene rings is 2. The molecule has 1 aromatic heterocycles. The van der Waals surface area contributed by atoms with Gasteiger partial charge in [-0.2, -0.15) is 0 Å². The van der Waals surface area contributed by atoms with E-state index in [-0.39, 0.29) is 24.4 Å². The topological polar surface area (TPSA) is 48.8 Å². The number of hydrogen-bond donors (Lipinski definition) is 0. The molecule has 6 heteroatoms. The van der Waals surface area contributed by atoms with Crippen molar-refractivity contribution in [3.63, 3.8) is 0 Å². The SMILES string of the molecule is Cc1c([C@@H]2c3ccccc3C(=O)N2CC(=O)N2CCN(C)CC2)c2ccccc2n1C. The number of aryl methyl sites for hydroxylation is 1. The van der Waals surface area contributed by atoms with Gasteiger partial charge in [0, 0.05) is 61.0 Å². The van der Waals surface area contributed by atoms with Crippen LogP contribution in [0.2, 0.25) is 0 Å². The zero-order valence-electron chi connectivity index (χ0n) is 18.3. The minimum absolute atomic E-state index is 0.0251. The van der Waals surface area contributed by atoms with E-state index in [0.717, 1.165) is 40.8 Å². The molecule has 2 aliphatic heterocycles. The number of fused-ring (bicyclic) bond motifs is 2. The van der Waals surface area contributed by atoms with Gasteiger partial charge in [0.05, 0.1) is 6.04 Å². The van der Waals surface area contributed by atoms with Gasteiger partial charge in [0.1, 0.15) is 6.54 Å². The molecule has 160 valence electrons. The molecule has 1 fully saturated rings. The van der Waals surface area contributed by atoms with Gasteiger partial charge in [-0.3, -0.25) is 9.59 Å². The van der Waals surface area contributed by atoms with Gasteiger partial charge in [-0.05, 0) is 31.7 Å². The average molecular weight is 417 g/mol. The Morgan fingerprint density at radius 1 is 0.968 bits per heavy atom. The second-order valence-electron chi connectivity index (χ2n) is 8.68. The molecule has 0 bridgehead atoms. The van der Waals surface area contributed by atoms with Crippen LogP contribution in [0.5, 0.6) is 0 Å². The van der Waals surface area contributed by atoms with Gasteiger partial charge in [-0.1, -0.05) is 36.4 Å². The van der Waals surface area contributed by atoms with Crippen molar-refractivity contribution in [1.82, 2.24) is 19.3 Å². The minimum atomic E-state index is -0.258. The maximum Gasteiger partial charge on any atom is 0.255 e. The van der Waals surface area contributed by atoms with Crippen LogP contribution in [0.4, 0.5) is 0 Å². The molecule has 0 unspecified atom stereocenters. The van der Waals surface area contributed by atoms with E-state index in [2.05, 4.69) is 42.6 Å². The first-order valence-corrected chi connectivity index (χ1v) is 10.9. The zero-order chi connectivity index (χ0) is 21.7. The predicted octanol–water partition coefficient (Wildman–Crippen LogP) is 2.81. The monoisotopic (exact) mass is 416 g/mol. The van der Waals surface area contributed by atoms with Gasteiger partial charge in [0.25, 0.3) is 5.91 Å². The van der Waals surface area contributed by atoms with Crippen LogP contribution < -0.4 is 0 Å². The van der Waals surface area contributed by atoms with Crippen LogP contribution in [0.1, 0.15) is 33.2 Å². The van der Waals surface area contributed by atoms with Gasteiger partial charge in [0.2, 0.25) is 5.91 Å². The molecule has 0 N–H and O–H groups in total. The van der Waals surface area contributed by atoms with Gasteiger partial charge in [0.15, 0.2) is 0 Å². The third-order valence-corrected chi connectivity index (χ3v) is 6.94. The van der Waals surface area contributed by atoms with Crippen LogP contribution in [-0.2, 0) is 11.8 Å². The summed E-state index contributed by atoms with van der Waals surface area (Å²) in [5, 5.41) is 1.13. The van der Waals surface area contributed by atoms with Crippen LogP contribution in [0, 0.1) is 6.92 Å². The summed E-state index contributed by atoms with van der Waals surface area (Å²) >= 11 is 0. The fraction of sp³-hybridized carbons (Fsp3) is 0.360. The molecule has 2 aromatic carbocycles. The van der Waals surface area contributed by atoms with E-state index in [4.69, 9.17) is 0 Å². The molecule has 2 amide bonds. The standard InChI is InChI=1S/C25H28N4O2/c1-17-23(20-10-6-7-11-21(20)27(17)3)24-18-8-4-5-9-19(18)25(31)29(24)16-22(30)28-14-12-26(2)13-15-28/h4-11,24H,12-16H2,1-3H3/t24-/m0/s1. The summed E-state index contributed by atoms with van der Waals surface area (Å²) < 4.78 is 2.18. The molecule has 1 saturated heterocycles. The van der Waals surface area contributed by atoms with Crippen LogP contribution in [0.3, 0.4) is 0 Å². The summed E-state index contributed by atoms with van der Waals surface area (Å²) in [5.74, 6) is -0.0347. The largest absolute Gasteiger partial charge is 0.348 e. The average Bonchev–Trinajstić information content (AvgIpc) is 3.20. The summed E-state index contributed by atoms with van der Waals surface area (Å²) in [6.07, 6.45) is 0. The molecule has 1 atom stereocenters. The Morgan fingerprint density at radius 3 is 2.42 bits per heavy atom. The Kier molecular flexibility index (Phi) is 4.82. The number of aromatic nitrogens is 1. The van der Waals surface area contributed by atoms with E-state index in [1.807, 2.05) is 41.3 Å². The molecule has 0 aliphatic carbocycles. The highest BCUT2D eigenvalue weighted by Crippen LogP contribution is 2.43. The summed E-state index contributed by atoms with van der Waals surface area (Å²) in [6.45, 7) is 5.36. The number of hydrogen-bond acceptors (Lipinski definition) is 3. The van der Waals surface area contributed by atoms with E-state index in [0.29, 0.717) is 18.7 Å². The van der Waals surface area contributed by atoms with Crippen molar-refractivity contribution in [2.45, 2.75) is 13.0 Å². The number of likely N-dealkylation sites (N-methyl/N-ethyl adjacent to an activating group) is 1. The van der Waals surface area contributed by atoms with Crippen molar-refractivity contribution in [2.75, 3.05) is 39.8 Å². The lowest BCUT2D eigenvalue weighted by Gasteiger charge is -2.34. The Balaban J connectivity index is 1.58. The number of piperazine rings is 1. The molecule has 0 radical (unpaired) electrons. The first-order chi connectivity index (χ1) is 15.0. The van der Waals surface area contributed by atoms with Crippen molar-refractivity contribution in [2.24, 2.45) is 7.05 Å². The number of para-hydroxylation sites is 1. The molecular formula is C25H28N4O2. The zero-order valence-corrected chi connectivity index (χ0v) is 18.3. The first-order valence-electron chi connectivity index (χ1n) is 10.9. The maximum absolute atomic E-state index is 13.4. The summed E-state index contributed by atoms with van der Waals surface area (Å²) in [5.41, 5.74) is 5.05. The van der Waals surface area contributed by atoms with Gasteiger partial charge in [-0.25, -0.2) is 0 Å². The Hall–Kier alpha value is -3.12.